The Morgan fingerprint density at radius 3 is 2.45 bits per heavy atom. The number of fused-ring (bicyclic) bond motifs is 1. The molecule has 0 fully saturated rings. The van der Waals surface area contributed by atoms with Crippen molar-refractivity contribution < 1.29 is 13.2 Å². The molecular weight excluding hydrogens is 404 g/mol. The molecule has 0 spiro atoms. The molecule has 0 radical (unpaired) electrons. The largest absolute Gasteiger partial charge is 0.494 e. The van der Waals surface area contributed by atoms with Gasteiger partial charge in [0.15, 0.2) is 0 Å². The summed E-state index contributed by atoms with van der Waals surface area (Å²) in [6.07, 6.45) is 0.632. The highest BCUT2D eigenvalue weighted by molar-refractivity contribution is 7.89. The average molecular weight is 429 g/mol. The highest BCUT2D eigenvalue weighted by atomic mass is 32.2. The Bertz CT molecular complexity index is 1120. The molecule has 0 unspecified atom stereocenters. The Morgan fingerprint density at radius 2 is 1.79 bits per heavy atom. The second-order valence-corrected chi connectivity index (χ2v) is 10.3. The number of benzene rings is 2. The van der Waals surface area contributed by atoms with Crippen LogP contribution in [0.25, 0.3) is 10.6 Å². The topological polar surface area (TPSA) is 59.5 Å². The van der Waals surface area contributed by atoms with Crippen LogP contribution >= 0.6 is 11.3 Å². The molecule has 152 valence electrons. The highest BCUT2D eigenvalue weighted by Crippen LogP contribution is 2.34. The summed E-state index contributed by atoms with van der Waals surface area (Å²) in [5, 5.41) is 0.920. The Morgan fingerprint density at radius 1 is 1.10 bits per heavy atom. The number of aromatic nitrogens is 1. The predicted octanol–water partition coefficient (Wildman–Crippen LogP) is 4.57. The van der Waals surface area contributed by atoms with Crippen LogP contribution in [0.15, 0.2) is 47.4 Å². The summed E-state index contributed by atoms with van der Waals surface area (Å²) in [6, 6.07) is 13.4. The van der Waals surface area contributed by atoms with Crippen molar-refractivity contribution in [3.63, 3.8) is 0 Å². The number of rotatable bonds is 5. The van der Waals surface area contributed by atoms with Crippen molar-refractivity contribution >= 4 is 21.4 Å². The monoisotopic (exact) mass is 428 g/mol. The van der Waals surface area contributed by atoms with Gasteiger partial charge >= 0.3 is 0 Å². The fraction of sp³-hybridized carbons (Fsp3) is 0.318. The van der Waals surface area contributed by atoms with Gasteiger partial charge in [-0.3, -0.25) is 0 Å². The van der Waals surface area contributed by atoms with Crippen molar-refractivity contribution in [3.05, 3.63) is 64.2 Å². The Balaban J connectivity index is 1.59. The lowest BCUT2D eigenvalue weighted by atomic mass is 10.2. The summed E-state index contributed by atoms with van der Waals surface area (Å²) in [5.41, 5.74) is 3.94. The molecule has 7 heteroatoms. The van der Waals surface area contributed by atoms with Gasteiger partial charge in [-0.2, -0.15) is 4.31 Å². The first-order valence-corrected chi connectivity index (χ1v) is 11.9. The average Bonchev–Trinajstić information content (AvgIpc) is 3.11. The summed E-state index contributed by atoms with van der Waals surface area (Å²) in [4.78, 5) is 6.16. The molecule has 2 aromatic carbocycles. The smallest absolute Gasteiger partial charge is 0.243 e. The minimum absolute atomic E-state index is 0.370. The van der Waals surface area contributed by atoms with Gasteiger partial charge in [0.2, 0.25) is 10.0 Å². The van der Waals surface area contributed by atoms with Crippen molar-refractivity contribution in [2.45, 2.75) is 38.6 Å². The minimum atomic E-state index is -3.52. The van der Waals surface area contributed by atoms with E-state index in [0.717, 1.165) is 38.0 Å². The molecule has 0 aliphatic carbocycles. The zero-order valence-corrected chi connectivity index (χ0v) is 18.4. The maximum atomic E-state index is 13.2. The maximum absolute atomic E-state index is 13.2. The molecule has 0 saturated heterocycles. The van der Waals surface area contributed by atoms with E-state index in [-0.39, 0.29) is 0 Å². The first-order chi connectivity index (χ1) is 13.9. The molecule has 0 atom stereocenters. The van der Waals surface area contributed by atoms with Gasteiger partial charge in [-0.25, -0.2) is 13.4 Å². The first-order valence-electron chi connectivity index (χ1n) is 9.67. The Hall–Kier alpha value is -2.22. The van der Waals surface area contributed by atoms with Crippen LogP contribution in [0, 0.1) is 13.8 Å². The standard InChI is InChI=1S/C22H24N2O3S2/c1-4-27-18-7-5-17(6-8-18)22-23-20-9-10-24(14-21(20)28-22)29(25,26)19-12-15(2)11-16(3)13-19/h5-8,11-13H,4,9-10,14H2,1-3H3. The molecule has 1 aromatic heterocycles. The summed E-state index contributed by atoms with van der Waals surface area (Å²) in [6.45, 7) is 7.27. The fourth-order valence-corrected chi connectivity index (χ4v) is 6.40. The third-order valence-corrected chi connectivity index (χ3v) is 7.90. The first kappa shape index (κ1) is 20.1. The normalized spacial score (nSPS) is 14.6. The number of nitrogens with zero attached hydrogens (tertiary/aromatic N) is 2. The van der Waals surface area contributed by atoms with Crippen molar-refractivity contribution in [2.75, 3.05) is 13.2 Å². The van der Waals surface area contributed by atoms with E-state index in [2.05, 4.69) is 0 Å². The molecule has 1 aliphatic rings. The number of hydrogen-bond donors (Lipinski definition) is 0. The predicted molar refractivity (Wildman–Crippen MR) is 116 cm³/mol. The fourth-order valence-electron chi connectivity index (χ4n) is 3.59. The van der Waals surface area contributed by atoms with Crippen LogP contribution in [0.3, 0.4) is 0 Å². The van der Waals surface area contributed by atoms with E-state index < -0.39 is 10.0 Å². The molecule has 0 saturated carbocycles. The number of sulfonamides is 1. The molecule has 1 aliphatic heterocycles. The lowest BCUT2D eigenvalue weighted by molar-refractivity contribution is 0.340. The molecule has 4 rings (SSSR count). The Kier molecular flexibility index (Phi) is 5.46. The number of hydrogen-bond acceptors (Lipinski definition) is 5. The van der Waals surface area contributed by atoms with E-state index >= 15 is 0 Å². The zero-order valence-electron chi connectivity index (χ0n) is 16.8. The third kappa shape index (κ3) is 4.08. The van der Waals surface area contributed by atoms with Gasteiger partial charge < -0.3 is 4.74 Å². The molecule has 0 amide bonds. The molecular formula is C22H24N2O3S2. The van der Waals surface area contributed by atoms with Crippen LogP contribution in [0.4, 0.5) is 0 Å². The summed E-state index contributed by atoms with van der Waals surface area (Å²) in [5.74, 6) is 0.836. The lowest BCUT2D eigenvalue weighted by Crippen LogP contribution is -2.35. The molecule has 29 heavy (non-hydrogen) atoms. The number of thiazole rings is 1. The highest BCUT2D eigenvalue weighted by Gasteiger charge is 2.30. The van der Waals surface area contributed by atoms with Crippen LogP contribution in [0.5, 0.6) is 5.75 Å². The quantitative estimate of drug-likeness (QED) is 0.597. The summed E-state index contributed by atoms with van der Waals surface area (Å²) in [7, 11) is -3.52. The molecule has 3 aromatic rings. The minimum Gasteiger partial charge on any atom is -0.494 e. The Labute approximate surface area is 176 Å². The van der Waals surface area contributed by atoms with Crippen molar-refractivity contribution in [3.8, 4) is 16.3 Å². The molecule has 2 heterocycles. The lowest BCUT2D eigenvalue weighted by Gasteiger charge is -2.25. The number of ether oxygens (including phenoxy) is 1. The van der Waals surface area contributed by atoms with Crippen molar-refractivity contribution in [2.24, 2.45) is 0 Å². The van der Waals surface area contributed by atoms with Gasteiger partial charge in [-0.1, -0.05) is 6.07 Å². The van der Waals surface area contributed by atoms with Crippen LogP contribution < -0.4 is 4.74 Å². The molecule has 0 bridgehead atoms. The maximum Gasteiger partial charge on any atom is 0.243 e. The third-order valence-electron chi connectivity index (χ3n) is 4.94. The molecule has 5 nitrogen and oxygen atoms in total. The van der Waals surface area contributed by atoms with Crippen LogP contribution in [0.2, 0.25) is 0 Å². The van der Waals surface area contributed by atoms with Crippen molar-refractivity contribution in [1.82, 2.24) is 9.29 Å². The van der Waals surface area contributed by atoms with Gasteiger partial charge in [0.25, 0.3) is 0 Å². The SMILES string of the molecule is CCOc1ccc(-c2nc3c(s2)CN(S(=O)(=O)c2cc(C)cc(C)c2)CC3)cc1. The van der Waals surface area contributed by atoms with Gasteiger partial charge in [-0.15, -0.1) is 11.3 Å². The van der Waals surface area contributed by atoms with Gasteiger partial charge in [-0.05, 0) is 68.3 Å². The zero-order chi connectivity index (χ0) is 20.6. The van der Waals surface area contributed by atoms with Crippen molar-refractivity contribution in [1.29, 1.82) is 0 Å². The van der Waals surface area contributed by atoms with E-state index in [1.54, 1.807) is 27.8 Å². The second kappa shape index (κ2) is 7.89. The summed E-state index contributed by atoms with van der Waals surface area (Å²) >= 11 is 1.57. The van der Waals surface area contributed by atoms with E-state index in [0.29, 0.717) is 31.0 Å². The van der Waals surface area contributed by atoms with Gasteiger partial charge in [0.05, 0.1) is 23.7 Å². The van der Waals surface area contributed by atoms with Crippen LogP contribution in [-0.4, -0.2) is 30.9 Å². The van der Waals surface area contributed by atoms with Crippen LogP contribution in [0.1, 0.15) is 28.6 Å². The van der Waals surface area contributed by atoms with Gasteiger partial charge in [0, 0.05) is 23.4 Å². The van der Waals surface area contributed by atoms with E-state index in [1.807, 2.05) is 51.1 Å². The van der Waals surface area contributed by atoms with E-state index in [1.165, 1.54) is 0 Å². The van der Waals surface area contributed by atoms with Gasteiger partial charge in [0.1, 0.15) is 10.8 Å². The number of aryl methyl sites for hydroxylation is 2. The second-order valence-electron chi connectivity index (χ2n) is 7.26. The van der Waals surface area contributed by atoms with E-state index in [9.17, 15) is 8.42 Å². The summed E-state index contributed by atoms with van der Waals surface area (Å²) < 4.78 is 33.4. The van der Waals surface area contributed by atoms with E-state index in [4.69, 9.17) is 9.72 Å². The molecule has 0 N–H and O–H groups in total. The van der Waals surface area contributed by atoms with Crippen LogP contribution in [-0.2, 0) is 23.0 Å².